The minimum Gasteiger partial charge on any atom is -0.302 e. The number of hydrogen-bond acceptors (Lipinski definition) is 1. The van der Waals surface area contributed by atoms with Gasteiger partial charge in [-0.3, -0.25) is 0 Å². The largest absolute Gasteiger partial charge is 0.302 e. The van der Waals surface area contributed by atoms with Crippen LogP contribution in [-0.2, 0) is 6.54 Å². The number of rotatable bonds is 1. The van der Waals surface area contributed by atoms with Crippen LogP contribution in [0.5, 0.6) is 0 Å². The molecule has 1 unspecified atom stereocenters. The fourth-order valence-corrected chi connectivity index (χ4v) is 2.44. The van der Waals surface area contributed by atoms with Gasteiger partial charge in [-0.15, -0.1) is 0 Å². The molecule has 1 heterocycles. The molecule has 0 spiro atoms. The fraction of sp³-hybridized carbons (Fsp3) is 0.143. The zero-order valence-electron chi connectivity index (χ0n) is 8.78. The Kier molecular flexibility index (Phi) is 2.43. The van der Waals surface area contributed by atoms with Gasteiger partial charge in [0.2, 0.25) is 0 Å². The molecular weight excluding hydrogens is 218 g/mol. The molecular formula is C14H12ClN. The van der Waals surface area contributed by atoms with Crippen molar-refractivity contribution >= 4 is 11.6 Å². The van der Waals surface area contributed by atoms with E-state index in [2.05, 4.69) is 41.7 Å². The average molecular weight is 230 g/mol. The van der Waals surface area contributed by atoms with Crippen molar-refractivity contribution in [3.8, 4) is 0 Å². The molecule has 0 saturated heterocycles. The summed E-state index contributed by atoms with van der Waals surface area (Å²) in [6.07, 6.45) is 0. The normalized spacial score (nSPS) is 18.4. The van der Waals surface area contributed by atoms with Crippen molar-refractivity contribution in [3.05, 3.63) is 70.2 Å². The standard InChI is InChI=1S/C14H12ClN/c15-12-7-6-11-9-16-14(13(11)8-12)10-4-2-1-3-5-10/h1-8,14,16H,9H2. The molecule has 0 radical (unpaired) electrons. The number of hydrogen-bond donors (Lipinski definition) is 1. The summed E-state index contributed by atoms with van der Waals surface area (Å²) in [5.74, 6) is 0. The van der Waals surface area contributed by atoms with E-state index in [0.717, 1.165) is 11.6 Å². The molecule has 2 aromatic rings. The van der Waals surface area contributed by atoms with Crippen LogP contribution < -0.4 is 5.32 Å². The Morgan fingerprint density at radius 2 is 1.88 bits per heavy atom. The quantitative estimate of drug-likeness (QED) is 0.789. The van der Waals surface area contributed by atoms with E-state index in [1.165, 1.54) is 16.7 Å². The van der Waals surface area contributed by atoms with Crippen molar-refractivity contribution in [2.75, 3.05) is 0 Å². The van der Waals surface area contributed by atoms with Gasteiger partial charge < -0.3 is 5.32 Å². The monoisotopic (exact) mass is 229 g/mol. The fourth-order valence-electron chi connectivity index (χ4n) is 2.26. The SMILES string of the molecule is Clc1ccc2c(c1)C(c1ccccc1)NC2. The molecule has 16 heavy (non-hydrogen) atoms. The van der Waals surface area contributed by atoms with Crippen LogP contribution in [0.4, 0.5) is 0 Å². The van der Waals surface area contributed by atoms with Crippen molar-refractivity contribution < 1.29 is 0 Å². The molecule has 0 amide bonds. The summed E-state index contributed by atoms with van der Waals surface area (Å²) in [5.41, 5.74) is 3.94. The number of halogens is 1. The van der Waals surface area contributed by atoms with Crippen molar-refractivity contribution in [1.29, 1.82) is 0 Å². The van der Waals surface area contributed by atoms with Gasteiger partial charge in [0.25, 0.3) is 0 Å². The molecule has 3 rings (SSSR count). The van der Waals surface area contributed by atoms with Crippen LogP contribution in [0.2, 0.25) is 5.02 Å². The first-order chi connectivity index (χ1) is 7.84. The van der Waals surface area contributed by atoms with E-state index in [4.69, 9.17) is 11.6 Å². The Balaban J connectivity index is 2.06. The summed E-state index contributed by atoms with van der Waals surface area (Å²) in [7, 11) is 0. The Morgan fingerprint density at radius 1 is 1.06 bits per heavy atom. The molecule has 1 atom stereocenters. The van der Waals surface area contributed by atoms with E-state index in [1.54, 1.807) is 0 Å². The molecule has 1 N–H and O–H groups in total. The molecule has 80 valence electrons. The number of fused-ring (bicyclic) bond motifs is 1. The van der Waals surface area contributed by atoms with Gasteiger partial charge in [-0.1, -0.05) is 48.0 Å². The summed E-state index contributed by atoms with van der Waals surface area (Å²) in [6, 6.07) is 16.9. The molecule has 1 nitrogen and oxygen atoms in total. The van der Waals surface area contributed by atoms with Crippen LogP contribution in [-0.4, -0.2) is 0 Å². The van der Waals surface area contributed by atoms with Gasteiger partial charge in [0, 0.05) is 11.6 Å². The molecule has 0 saturated carbocycles. The van der Waals surface area contributed by atoms with Gasteiger partial charge in [0.1, 0.15) is 0 Å². The molecule has 0 aromatic heterocycles. The topological polar surface area (TPSA) is 12.0 Å². The van der Waals surface area contributed by atoms with Crippen LogP contribution in [0.15, 0.2) is 48.5 Å². The Labute approximate surface area is 100 Å². The van der Waals surface area contributed by atoms with Crippen molar-refractivity contribution in [2.45, 2.75) is 12.6 Å². The zero-order chi connectivity index (χ0) is 11.0. The third-order valence-corrected chi connectivity index (χ3v) is 3.28. The third kappa shape index (κ3) is 1.62. The first kappa shape index (κ1) is 9.88. The maximum Gasteiger partial charge on any atom is 0.0583 e. The van der Waals surface area contributed by atoms with Gasteiger partial charge in [-0.2, -0.15) is 0 Å². The molecule has 1 aliphatic rings. The van der Waals surface area contributed by atoms with E-state index in [1.807, 2.05) is 12.1 Å². The van der Waals surface area contributed by atoms with Crippen LogP contribution in [0.1, 0.15) is 22.7 Å². The zero-order valence-corrected chi connectivity index (χ0v) is 9.54. The maximum absolute atomic E-state index is 6.05. The lowest BCUT2D eigenvalue weighted by atomic mass is 9.99. The first-order valence-corrected chi connectivity index (χ1v) is 5.79. The van der Waals surface area contributed by atoms with E-state index in [-0.39, 0.29) is 6.04 Å². The van der Waals surface area contributed by atoms with Crippen LogP contribution in [0.25, 0.3) is 0 Å². The highest BCUT2D eigenvalue weighted by atomic mass is 35.5. The smallest absolute Gasteiger partial charge is 0.0583 e. The van der Waals surface area contributed by atoms with Crippen LogP contribution in [0, 0.1) is 0 Å². The van der Waals surface area contributed by atoms with Gasteiger partial charge in [-0.25, -0.2) is 0 Å². The maximum atomic E-state index is 6.05. The Hall–Kier alpha value is -1.31. The van der Waals surface area contributed by atoms with Crippen molar-refractivity contribution in [1.82, 2.24) is 5.32 Å². The van der Waals surface area contributed by atoms with Gasteiger partial charge in [-0.05, 0) is 28.8 Å². The summed E-state index contributed by atoms with van der Waals surface area (Å²) in [4.78, 5) is 0. The van der Waals surface area contributed by atoms with E-state index >= 15 is 0 Å². The van der Waals surface area contributed by atoms with Crippen LogP contribution >= 0.6 is 11.6 Å². The second-order valence-corrected chi connectivity index (χ2v) is 4.50. The summed E-state index contributed by atoms with van der Waals surface area (Å²) < 4.78 is 0. The van der Waals surface area contributed by atoms with Crippen molar-refractivity contribution in [2.24, 2.45) is 0 Å². The predicted molar refractivity (Wildman–Crippen MR) is 66.6 cm³/mol. The van der Waals surface area contributed by atoms with Gasteiger partial charge in [0.05, 0.1) is 6.04 Å². The van der Waals surface area contributed by atoms with Gasteiger partial charge >= 0.3 is 0 Å². The Bertz CT molecular complexity index is 507. The van der Waals surface area contributed by atoms with E-state index in [0.29, 0.717) is 0 Å². The number of benzene rings is 2. The van der Waals surface area contributed by atoms with Crippen LogP contribution in [0.3, 0.4) is 0 Å². The first-order valence-electron chi connectivity index (χ1n) is 5.41. The Morgan fingerprint density at radius 3 is 2.69 bits per heavy atom. The van der Waals surface area contributed by atoms with E-state index < -0.39 is 0 Å². The van der Waals surface area contributed by atoms with E-state index in [9.17, 15) is 0 Å². The van der Waals surface area contributed by atoms with Gasteiger partial charge in [0.15, 0.2) is 0 Å². The second-order valence-electron chi connectivity index (χ2n) is 4.07. The molecule has 0 fully saturated rings. The lowest BCUT2D eigenvalue weighted by Crippen LogP contribution is -2.12. The molecule has 0 aliphatic carbocycles. The summed E-state index contributed by atoms with van der Waals surface area (Å²) >= 11 is 6.05. The molecule has 2 aromatic carbocycles. The summed E-state index contributed by atoms with van der Waals surface area (Å²) in [5, 5.41) is 4.32. The lowest BCUT2D eigenvalue weighted by molar-refractivity contribution is 0.667. The molecule has 2 heteroatoms. The highest BCUT2D eigenvalue weighted by Gasteiger charge is 2.22. The molecule has 0 bridgehead atoms. The highest BCUT2D eigenvalue weighted by Crippen LogP contribution is 2.32. The second kappa shape index (κ2) is 3.93. The number of nitrogens with one attached hydrogen (secondary N) is 1. The summed E-state index contributed by atoms with van der Waals surface area (Å²) in [6.45, 7) is 0.923. The highest BCUT2D eigenvalue weighted by molar-refractivity contribution is 6.30. The van der Waals surface area contributed by atoms with Crippen molar-refractivity contribution in [3.63, 3.8) is 0 Å². The predicted octanol–water partition coefficient (Wildman–Crippen LogP) is 3.53. The lowest BCUT2D eigenvalue weighted by Gasteiger charge is -2.12. The minimum absolute atomic E-state index is 0.287. The third-order valence-electron chi connectivity index (χ3n) is 3.05. The average Bonchev–Trinajstić information content (AvgIpc) is 2.73. The minimum atomic E-state index is 0.287. The molecule has 1 aliphatic heterocycles.